The van der Waals surface area contributed by atoms with Crippen molar-refractivity contribution in [2.45, 2.75) is 19.8 Å². The highest BCUT2D eigenvalue weighted by atomic mass is 19.1. The van der Waals surface area contributed by atoms with Crippen molar-refractivity contribution < 1.29 is 9.18 Å². The van der Waals surface area contributed by atoms with Gasteiger partial charge in [-0.3, -0.25) is 14.8 Å². The number of hydrogen-bond donors (Lipinski definition) is 0. The van der Waals surface area contributed by atoms with E-state index >= 15 is 0 Å². The summed E-state index contributed by atoms with van der Waals surface area (Å²) in [4.78, 5) is 18.9. The standard InChI is InChI=1S/C11H14N2.C8H7FO/c1-3-4-7-11(12-2)10-6-5-8-13-9-10;1-6(10)7-3-2-4-8(9)5-7/h3,5-6,8-9H,1,4,7H2,2H3;2-5H,1H3. The number of carbonyl (C=O) groups excluding carboxylic acids is 1. The van der Waals surface area contributed by atoms with Crippen LogP contribution in [0.3, 0.4) is 0 Å². The maximum absolute atomic E-state index is 12.4. The van der Waals surface area contributed by atoms with Gasteiger partial charge in [-0.25, -0.2) is 4.39 Å². The van der Waals surface area contributed by atoms with Gasteiger partial charge in [0.25, 0.3) is 0 Å². The molecule has 1 heterocycles. The van der Waals surface area contributed by atoms with Crippen molar-refractivity contribution in [3.8, 4) is 0 Å². The maximum atomic E-state index is 12.4. The summed E-state index contributed by atoms with van der Waals surface area (Å²) < 4.78 is 12.4. The first-order chi connectivity index (χ1) is 11.1. The number of pyridine rings is 1. The third kappa shape index (κ3) is 6.78. The first-order valence-electron chi connectivity index (χ1n) is 7.32. The van der Waals surface area contributed by atoms with Crippen LogP contribution in [0.4, 0.5) is 4.39 Å². The summed E-state index contributed by atoms with van der Waals surface area (Å²) >= 11 is 0. The molecular formula is C19H21FN2O. The van der Waals surface area contributed by atoms with Gasteiger partial charge in [0.2, 0.25) is 0 Å². The van der Waals surface area contributed by atoms with Crippen LogP contribution < -0.4 is 0 Å². The van der Waals surface area contributed by atoms with Crippen LogP contribution in [0.5, 0.6) is 0 Å². The molecule has 23 heavy (non-hydrogen) atoms. The molecule has 0 spiro atoms. The van der Waals surface area contributed by atoms with Crippen LogP contribution in [-0.4, -0.2) is 23.5 Å². The molecule has 1 aromatic carbocycles. The average Bonchev–Trinajstić information content (AvgIpc) is 2.57. The third-order valence-corrected chi connectivity index (χ3v) is 3.08. The molecule has 120 valence electrons. The van der Waals surface area contributed by atoms with Crippen LogP contribution in [0, 0.1) is 5.82 Å². The summed E-state index contributed by atoms with van der Waals surface area (Å²) in [6.45, 7) is 5.10. The van der Waals surface area contributed by atoms with E-state index in [0.717, 1.165) is 24.1 Å². The monoisotopic (exact) mass is 312 g/mol. The predicted molar refractivity (Wildman–Crippen MR) is 92.5 cm³/mol. The summed E-state index contributed by atoms with van der Waals surface area (Å²) in [5.74, 6) is -0.479. The lowest BCUT2D eigenvalue weighted by atomic mass is 10.1. The lowest BCUT2D eigenvalue weighted by Gasteiger charge is -2.02. The Hall–Kier alpha value is -2.62. The Morgan fingerprint density at radius 3 is 2.52 bits per heavy atom. The zero-order valence-corrected chi connectivity index (χ0v) is 13.5. The zero-order valence-electron chi connectivity index (χ0n) is 13.5. The van der Waals surface area contributed by atoms with Crippen molar-refractivity contribution in [3.05, 3.63) is 78.4 Å². The number of nitrogens with zero attached hydrogens (tertiary/aromatic N) is 2. The molecule has 0 amide bonds. The van der Waals surface area contributed by atoms with E-state index in [0.29, 0.717) is 5.56 Å². The van der Waals surface area contributed by atoms with Gasteiger partial charge in [-0.15, -0.1) is 6.58 Å². The van der Waals surface area contributed by atoms with Gasteiger partial charge in [0.05, 0.1) is 0 Å². The van der Waals surface area contributed by atoms with Gasteiger partial charge < -0.3 is 0 Å². The molecule has 1 aromatic heterocycles. The van der Waals surface area contributed by atoms with Gasteiger partial charge in [0.1, 0.15) is 5.82 Å². The highest BCUT2D eigenvalue weighted by Gasteiger charge is 2.00. The first kappa shape index (κ1) is 18.4. The molecule has 0 aliphatic carbocycles. The zero-order chi connectivity index (χ0) is 17.1. The molecule has 0 unspecified atom stereocenters. The van der Waals surface area contributed by atoms with E-state index in [2.05, 4.69) is 16.6 Å². The molecule has 3 nitrogen and oxygen atoms in total. The van der Waals surface area contributed by atoms with Gasteiger partial charge in [0.15, 0.2) is 5.78 Å². The van der Waals surface area contributed by atoms with E-state index in [1.807, 2.05) is 31.5 Å². The smallest absolute Gasteiger partial charge is 0.159 e. The van der Waals surface area contributed by atoms with Gasteiger partial charge >= 0.3 is 0 Å². The van der Waals surface area contributed by atoms with Crippen molar-refractivity contribution in [2.75, 3.05) is 7.05 Å². The van der Waals surface area contributed by atoms with Crippen LogP contribution in [0.2, 0.25) is 0 Å². The lowest BCUT2D eigenvalue weighted by Crippen LogP contribution is -2.00. The number of ketones is 1. The first-order valence-corrected chi connectivity index (χ1v) is 7.32. The third-order valence-electron chi connectivity index (χ3n) is 3.08. The molecule has 0 fully saturated rings. The summed E-state index contributed by atoms with van der Waals surface area (Å²) in [5.41, 5.74) is 2.61. The molecule has 0 aliphatic rings. The quantitative estimate of drug-likeness (QED) is 0.463. The molecule has 4 heteroatoms. The molecule has 0 N–H and O–H groups in total. The maximum Gasteiger partial charge on any atom is 0.159 e. The second-order valence-corrected chi connectivity index (χ2v) is 4.81. The van der Waals surface area contributed by atoms with Crippen LogP contribution in [0.15, 0.2) is 66.4 Å². The van der Waals surface area contributed by atoms with Crippen molar-refractivity contribution in [3.63, 3.8) is 0 Å². The molecule has 2 rings (SSSR count). The Kier molecular flexibility index (Phi) is 8.14. The largest absolute Gasteiger partial charge is 0.295 e. The highest BCUT2D eigenvalue weighted by molar-refractivity contribution is 6.00. The Balaban J connectivity index is 0.000000238. The van der Waals surface area contributed by atoms with E-state index in [4.69, 9.17) is 0 Å². The predicted octanol–water partition coefficient (Wildman–Crippen LogP) is 4.50. The number of carbonyl (C=O) groups is 1. The number of rotatable bonds is 5. The summed E-state index contributed by atoms with van der Waals surface area (Å²) in [7, 11) is 1.81. The average molecular weight is 312 g/mol. The molecular weight excluding hydrogens is 291 g/mol. The minimum Gasteiger partial charge on any atom is -0.295 e. The van der Waals surface area contributed by atoms with Crippen molar-refractivity contribution in [1.29, 1.82) is 0 Å². The Morgan fingerprint density at radius 2 is 2.04 bits per heavy atom. The van der Waals surface area contributed by atoms with Gasteiger partial charge in [0, 0.05) is 36.3 Å². The van der Waals surface area contributed by atoms with Gasteiger partial charge in [-0.05, 0) is 38.0 Å². The molecule has 0 bridgehead atoms. The molecule has 0 aliphatic heterocycles. The molecule has 0 saturated carbocycles. The van der Waals surface area contributed by atoms with E-state index in [9.17, 15) is 9.18 Å². The van der Waals surface area contributed by atoms with Crippen LogP contribution >= 0.6 is 0 Å². The van der Waals surface area contributed by atoms with E-state index in [1.165, 1.54) is 25.1 Å². The topological polar surface area (TPSA) is 42.3 Å². The summed E-state index contributed by atoms with van der Waals surface area (Å²) in [5, 5.41) is 0. The van der Waals surface area contributed by atoms with Crippen molar-refractivity contribution in [2.24, 2.45) is 4.99 Å². The van der Waals surface area contributed by atoms with Crippen molar-refractivity contribution in [1.82, 2.24) is 4.98 Å². The number of aromatic nitrogens is 1. The Bertz CT molecular complexity index is 666. The SMILES string of the molecule is C=CCCC(=NC)c1cccnc1.CC(=O)c1cccc(F)c1. The van der Waals surface area contributed by atoms with E-state index in [1.54, 1.807) is 12.3 Å². The Morgan fingerprint density at radius 1 is 1.30 bits per heavy atom. The van der Waals surface area contributed by atoms with Crippen LogP contribution in [0.25, 0.3) is 0 Å². The summed E-state index contributed by atoms with van der Waals surface area (Å²) in [6, 6.07) is 9.60. The second kappa shape index (κ2) is 10.2. The molecule has 0 atom stereocenters. The lowest BCUT2D eigenvalue weighted by molar-refractivity contribution is 0.101. The molecule has 0 radical (unpaired) electrons. The number of Topliss-reactive ketones (excluding diaryl/α,β-unsaturated/α-hetero) is 1. The molecule has 2 aromatic rings. The van der Waals surface area contributed by atoms with Crippen LogP contribution in [-0.2, 0) is 0 Å². The number of allylic oxidation sites excluding steroid dienone is 1. The second-order valence-electron chi connectivity index (χ2n) is 4.81. The number of hydrogen-bond acceptors (Lipinski definition) is 3. The molecule has 0 saturated heterocycles. The minimum atomic E-state index is -0.368. The van der Waals surface area contributed by atoms with Crippen molar-refractivity contribution >= 4 is 11.5 Å². The fourth-order valence-electron chi connectivity index (χ4n) is 1.86. The summed E-state index contributed by atoms with van der Waals surface area (Å²) in [6.07, 6.45) is 7.41. The highest BCUT2D eigenvalue weighted by Crippen LogP contribution is 2.05. The normalized spacial score (nSPS) is 10.5. The minimum absolute atomic E-state index is 0.112. The van der Waals surface area contributed by atoms with Crippen LogP contribution in [0.1, 0.15) is 35.7 Å². The fourth-order valence-corrected chi connectivity index (χ4v) is 1.86. The van der Waals surface area contributed by atoms with E-state index in [-0.39, 0.29) is 11.6 Å². The Labute approximate surface area is 136 Å². The number of halogens is 1. The van der Waals surface area contributed by atoms with E-state index < -0.39 is 0 Å². The number of benzene rings is 1. The van der Waals surface area contributed by atoms with Gasteiger partial charge in [-0.1, -0.05) is 24.3 Å². The fraction of sp³-hybridized carbons (Fsp3) is 0.211. The number of aliphatic imine (C=N–C) groups is 1. The van der Waals surface area contributed by atoms with Gasteiger partial charge in [-0.2, -0.15) is 0 Å².